The van der Waals surface area contributed by atoms with Gasteiger partial charge in [-0.1, -0.05) is 42.7 Å². The summed E-state index contributed by atoms with van der Waals surface area (Å²) >= 11 is 0. The highest BCUT2D eigenvalue weighted by molar-refractivity contribution is 5.93. The standard InChI is InChI=1S/C21H24O/c1-4-15-6-8-19-17-7-5-14-12-16(22)11-13(2)20(14)18(17)9-10-21(15,19)3/h1,6,8,12,15,17-20H,2,5,7,9-11H2,3H3/t15-,17+,18-,19-,20-,21+/m0/s1. The Balaban J connectivity index is 1.68. The molecule has 114 valence electrons. The number of hydrogen-bond acceptors (Lipinski definition) is 1. The lowest BCUT2D eigenvalue weighted by Crippen LogP contribution is -2.46. The Bertz CT molecular complexity index is 643. The number of allylic oxidation sites excluding steroid dienone is 5. The molecule has 0 aliphatic heterocycles. The van der Waals surface area contributed by atoms with Gasteiger partial charge in [-0.05, 0) is 54.9 Å². The maximum absolute atomic E-state index is 11.8. The van der Waals surface area contributed by atoms with Gasteiger partial charge in [0.25, 0.3) is 0 Å². The summed E-state index contributed by atoms with van der Waals surface area (Å²) in [6.45, 7) is 6.65. The van der Waals surface area contributed by atoms with Crippen molar-refractivity contribution in [1.82, 2.24) is 0 Å². The van der Waals surface area contributed by atoms with E-state index in [1.165, 1.54) is 24.8 Å². The lowest BCUT2D eigenvalue weighted by Gasteiger charge is -2.53. The summed E-state index contributed by atoms with van der Waals surface area (Å²) in [5.74, 6) is 6.00. The second-order valence-corrected chi connectivity index (χ2v) is 7.96. The number of rotatable bonds is 0. The monoisotopic (exact) mass is 292 g/mol. The van der Waals surface area contributed by atoms with Crippen LogP contribution in [-0.4, -0.2) is 5.78 Å². The molecule has 1 heteroatoms. The Morgan fingerprint density at radius 2 is 2.14 bits per heavy atom. The Kier molecular flexibility index (Phi) is 3.02. The fourth-order valence-corrected chi connectivity index (χ4v) is 5.93. The summed E-state index contributed by atoms with van der Waals surface area (Å²) in [5.41, 5.74) is 2.78. The van der Waals surface area contributed by atoms with Gasteiger partial charge in [0.15, 0.2) is 5.78 Å². The van der Waals surface area contributed by atoms with Crippen molar-refractivity contribution in [3.05, 3.63) is 36.0 Å². The molecule has 0 radical (unpaired) electrons. The molecule has 0 heterocycles. The van der Waals surface area contributed by atoms with Crippen LogP contribution in [0.25, 0.3) is 0 Å². The van der Waals surface area contributed by atoms with E-state index in [1.807, 2.05) is 6.08 Å². The van der Waals surface area contributed by atoms with Crippen molar-refractivity contribution in [2.45, 2.75) is 39.0 Å². The molecule has 0 aromatic carbocycles. The van der Waals surface area contributed by atoms with E-state index in [0.29, 0.717) is 36.0 Å². The first-order valence-electron chi connectivity index (χ1n) is 8.60. The largest absolute Gasteiger partial charge is 0.295 e. The molecule has 0 aromatic rings. The van der Waals surface area contributed by atoms with Gasteiger partial charge in [-0.2, -0.15) is 0 Å². The van der Waals surface area contributed by atoms with E-state index < -0.39 is 0 Å². The van der Waals surface area contributed by atoms with Crippen LogP contribution >= 0.6 is 0 Å². The third kappa shape index (κ3) is 1.76. The van der Waals surface area contributed by atoms with Crippen molar-refractivity contribution >= 4 is 5.78 Å². The Morgan fingerprint density at radius 3 is 2.91 bits per heavy atom. The molecule has 0 spiro atoms. The van der Waals surface area contributed by atoms with E-state index in [2.05, 4.69) is 31.6 Å². The van der Waals surface area contributed by atoms with Gasteiger partial charge in [-0.15, -0.1) is 6.42 Å². The number of carbonyl (C=O) groups excluding carboxylic acids is 1. The Hall–Kier alpha value is -1.55. The molecule has 0 saturated heterocycles. The second-order valence-electron chi connectivity index (χ2n) is 7.96. The lowest BCUT2D eigenvalue weighted by atomic mass is 9.50. The summed E-state index contributed by atoms with van der Waals surface area (Å²) < 4.78 is 0. The van der Waals surface area contributed by atoms with E-state index in [-0.39, 0.29) is 11.2 Å². The molecule has 1 nitrogen and oxygen atoms in total. The quantitative estimate of drug-likeness (QED) is 0.480. The molecule has 2 saturated carbocycles. The molecule has 0 aromatic heterocycles. The minimum absolute atomic E-state index is 0.253. The third-order valence-corrected chi connectivity index (χ3v) is 6.97. The molecule has 4 aliphatic rings. The zero-order valence-electron chi connectivity index (χ0n) is 13.3. The minimum atomic E-state index is 0.253. The highest BCUT2D eigenvalue weighted by Gasteiger charge is 2.54. The average molecular weight is 292 g/mol. The first-order chi connectivity index (χ1) is 10.5. The molecule has 0 N–H and O–H groups in total. The van der Waals surface area contributed by atoms with Crippen molar-refractivity contribution in [1.29, 1.82) is 0 Å². The van der Waals surface area contributed by atoms with Gasteiger partial charge in [0.2, 0.25) is 0 Å². The van der Waals surface area contributed by atoms with Crippen LogP contribution in [0.15, 0.2) is 36.0 Å². The molecule has 4 aliphatic carbocycles. The van der Waals surface area contributed by atoms with Crippen LogP contribution in [-0.2, 0) is 4.79 Å². The number of hydrogen-bond donors (Lipinski definition) is 0. The lowest BCUT2D eigenvalue weighted by molar-refractivity contribution is -0.114. The van der Waals surface area contributed by atoms with E-state index in [4.69, 9.17) is 6.42 Å². The molecule has 22 heavy (non-hydrogen) atoms. The van der Waals surface area contributed by atoms with E-state index >= 15 is 0 Å². The van der Waals surface area contributed by atoms with Gasteiger partial charge in [0.1, 0.15) is 0 Å². The minimum Gasteiger partial charge on any atom is -0.295 e. The first-order valence-corrected chi connectivity index (χ1v) is 8.60. The predicted octanol–water partition coefficient (Wildman–Crippen LogP) is 4.32. The smallest absolute Gasteiger partial charge is 0.159 e. The summed E-state index contributed by atoms with van der Waals surface area (Å²) in [6, 6.07) is 0. The summed E-state index contributed by atoms with van der Waals surface area (Å²) in [4.78, 5) is 11.8. The maximum Gasteiger partial charge on any atom is 0.159 e. The normalized spacial score (nSPS) is 46.4. The van der Waals surface area contributed by atoms with Gasteiger partial charge < -0.3 is 0 Å². The van der Waals surface area contributed by atoms with Crippen molar-refractivity contribution in [2.24, 2.45) is 35.0 Å². The number of carbonyl (C=O) groups is 1. The Labute approximate surface area is 133 Å². The van der Waals surface area contributed by atoms with Crippen molar-refractivity contribution in [3.8, 4) is 12.3 Å². The van der Waals surface area contributed by atoms with Crippen molar-refractivity contribution < 1.29 is 4.79 Å². The van der Waals surface area contributed by atoms with Crippen LogP contribution < -0.4 is 0 Å². The third-order valence-electron chi connectivity index (χ3n) is 6.97. The van der Waals surface area contributed by atoms with Crippen LogP contribution in [0.4, 0.5) is 0 Å². The zero-order valence-corrected chi connectivity index (χ0v) is 13.3. The topological polar surface area (TPSA) is 17.1 Å². The first kappa shape index (κ1) is 14.1. The van der Waals surface area contributed by atoms with Crippen molar-refractivity contribution in [2.75, 3.05) is 0 Å². The second kappa shape index (κ2) is 4.72. The average Bonchev–Trinajstić information content (AvgIpc) is 2.82. The molecular weight excluding hydrogens is 268 g/mol. The molecule has 0 bridgehead atoms. The summed E-state index contributed by atoms with van der Waals surface area (Å²) in [7, 11) is 0. The molecule has 2 fully saturated rings. The van der Waals surface area contributed by atoms with Crippen LogP contribution in [0.5, 0.6) is 0 Å². The van der Waals surface area contributed by atoms with Crippen LogP contribution in [0, 0.1) is 47.3 Å². The Morgan fingerprint density at radius 1 is 1.32 bits per heavy atom. The van der Waals surface area contributed by atoms with Gasteiger partial charge in [-0.3, -0.25) is 4.79 Å². The van der Waals surface area contributed by atoms with Gasteiger partial charge in [0.05, 0.1) is 0 Å². The SMILES string of the molecule is C#C[C@H]1C=C[C@H]2[C@@H]3CCC4=CC(=O)CC(=C)[C@@H]4[C@H]3CC[C@]12C. The summed E-state index contributed by atoms with van der Waals surface area (Å²) in [6.07, 6.45) is 17.6. The van der Waals surface area contributed by atoms with E-state index in [9.17, 15) is 4.79 Å². The zero-order chi connectivity index (χ0) is 15.5. The van der Waals surface area contributed by atoms with Gasteiger partial charge >= 0.3 is 0 Å². The van der Waals surface area contributed by atoms with Crippen LogP contribution in [0.2, 0.25) is 0 Å². The number of fused-ring (bicyclic) bond motifs is 5. The highest BCUT2D eigenvalue weighted by atomic mass is 16.1. The van der Waals surface area contributed by atoms with Crippen LogP contribution in [0.1, 0.15) is 39.0 Å². The number of ketones is 1. The fourth-order valence-electron chi connectivity index (χ4n) is 5.93. The molecule has 6 atom stereocenters. The highest BCUT2D eigenvalue weighted by Crippen LogP contribution is 2.61. The van der Waals surface area contributed by atoms with Gasteiger partial charge in [-0.25, -0.2) is 0 Å². The fraction of sp³-hybridized carbons (Fsp3) is 0.571. The number of terminal acetylenes is 1. The molecular formula is C21H24O. The molecule has 0 unspecified atom stereocenters. The maximum atomic E-state index is 11.8. The van der Waals surface area contributed by atoms with Crippen molar-refractivity contribution in [3.63, 3.8) is 0 Å². The molecule has 0 amide bonds. The van der Waals surface area contributed by atoms with E-state index in [0.717, 1.165) is 12.0 Å². The van der Waals surface area contributed by atoms with Crippen LogP contribution in [0.3, 0.4) is 0 Å². The van der Waals surface area contributed by atoms with Gasteiger partial charge in [0, 0.05) is 18.3 Å². The molecule has 4 rings (SSSR count). The van der Waals surface area contributed by atoms with E-state index in [1.54, 1.807) is 0 Å². The predicted molar refractivity (Wildman–Crippen MR) is 88.8 cm³/mol. The summed E-state index contributed by atoms with van der Waals surface area (Å²) in [5, 5.41) is 0.